The maximum Gasteiger partial charge on any atom is 0.137 e. The molecule has 0 aliphatic carbocycles. The molecule has 0 unspecified atom stereocenters. The molecule has 2 heterocycles. The first-order chi connectivity index (χ1) is 9.83. The molecular formula is C16H17N3O. The summed E-state index contributed by atoms with van der Waals surface area (Å²) in [6, 6.07) is 14.1. The number of rotatable bonds is 4. The average Bonchev–Trinajstić information content (AvgIpc) is 2.86. The van der Waals surface area contributed by atoms with Crippen molar-refractivity contribution < 1.29 is 4.74 Å². The van der Waals surface area contributed by atoms with Crippen LogP contribution in [-0.4, -0.2) is 23.0 Å². The van der Waals surface area contributed by atoms with Crippen molar-refractivity contribution >= 4 is 5.65 Å². The first-order valence-electron chi connectivity index (χ1n) is 6.64. The fraction of sp³-hybridized carbons (Fsp3) is 0.188. The van der Waals surface area contributed by atoms with Crippen molar-refractivity contribution in [1.82, 2.24) is 9.38 Å². The number of hydrogen-bond acceptors (Lipinski definition) is 3. The van der Waals surface area contributed by atoms with E-state index in [1.165, 1.54) is 0 Å². The molecule has 3 aromatic rings. The molecule has 0 aliphatic heterocycles. The Morgan fingerprint density at radius 1 is 1.15 bits per heavy atom. The smallest absolute Gasteiger partial charge is 0.137 e. The van der Waals surface area contributed by atoms with E-state index in [2.05, 4.69) is 16.5 Å². The van der Waals surface area contributed by atoms with Gasteiger partial charge in [-0.3, -0.25) is 4.40 Å². The van der Waals surface area contributed by atoms with E-state index in [9.17, 15) is 0 Å². The summed E-state index contributed by atoms with van der Waals surface area (Å²) in [5, 5.41) is 0. The third-order valence-corrected chi connectivity index (χ3v) is 3.35. The van der Waals surface area contributed by atoms with E-state index in [1.54, 1.807) is 7.11 Å². The van der Waals surface area contributed by atoms with Crippen molar-refractivity contribution in [3.05, 3.63) is 54.4 Å². The fourth-order valence-electron chi connectivity index (χ4n) is 2.40. The summed E-state index contributed by atoms with van der Waals surface area (Å²) in [7, 11) is 1.67. The number of aromatic nitrogens is 2. The van der Waals surface area contributed by atoms with Crippen LogP contribution < -0.4 is 10.5 Å². The first kappa shape index (κ1) is 12.7. The Morgan fingerprint density at radius 2 is 1.95 bits per heavy atom. The van der Waals surface area contributed by atoms with E-state index in [4.69, 9.17) is 15.5 Å². The van der Waals surface area contributed by atoms with E-state index in [0.29, 0.717) is 6.54 Å². The third kappa shape index (κ3) is 2.14. The van der Waals surface area contributed by atoms with Crippen molar-refractivity contribution in [2.24, 2.45) is 5.73 Å². The second kappa shape index (κ2) is 5.35. The van der Waals surface area contributed by atoms with Crippen molar-refractivity contribution in [2.75, 3.05) is 13.7 Å². The molecule has 2 aromatic heterocycles. The van der Waals surface area contributed by atoms with Crippen molar-refractivity contribution in [1.29, 1.82) is 0 Å². The second-order valence-electron chi connectivity index (χ2n) is 4.61. The molecule has 2 N–H and O–H groups in total. The maximum atomic E-state index is 5.76. The van der Waals surface area contributed by atoms with Crippen LogP contribution in [0.15, 0.2) is 48.7 Å². The number of hydrogen-bond donors (Lipinski definition) is 1. The minimum Gasteiger partial charge on any atom is -0.495 e. The molecule has 1 aromatic carbocycles. The Bertz CT molecular complexity index is 719. The Labute approximate surface area is 117 Å². The van der Waals surface area contributed by atoms with Crippen LogP contribution in [0.2, 0.25) is 0 Å². The van der Waals surface area contributed by atoms with Crippen LogP contribution in [0.4, 0.5) is 0 Å². The van der Waals surface area contributed by atoms with Gasteiger partial charge in [-0.1, -0.05) is 30.3 Å². The molecule has 0 saturated carbocycles. The number of benzene rings is 1. The summed E-state index contributed by atoms with van der Waals surface area (Å²) in [5.74, 6) is 0.813. The van der Waals surface area contributed by atoms with E-state index in [-0.39, 0.29) is 0 Å². The molecule has 0 bridgehead atoms. The molecule has 0 amide bonds. The Hall–Kier alpha value is -2.33. The van der Waals surface area contributed by atoms with Gasteiger partial charge >= 0.3 is 0 Å². The van der Waals surface area contributed by atoms with Gasteiger partial charge in [-0.25, -0.2) is 4.98 Å². The highest BCUT2D eigenvalue weighted by molar-refractivity contribution is 5.67. The summed E-state index contributed by atoms with van der Waals surface area (Å²) in [6.45, 7) is 0.588. The van der Waals surface area contributed by atoms with Crippen LogP contribution in [0, 0.1) is 0 Å². The van der Waals surface area contributed by atoms with Gasteiger partial charge in [-0.05, 0) is 18.7 Å². The molecule has 0 fully saturated rings. The predicted octanol–water partition coefficient (Wildman–Crippen LogP) is 2.51. The highest BCUT2D eigenvalue weighted by Gasteiger charge is 2.13. The summed E-state index contributed by atoms with van der Waals surface area (Å²) in [4.78, 5) is 4.73. The largest absolute Gasteiger partial charge is 0.495 e. The SMILES string of the molecule is COc1ccc2nc(-c3ccccc3)c(CCN)n2c1. The van der Waals surface area contributed by atoms with Crippen LogP contribution in [0.25, 0.3) is 16.9 Å². The van der Waals surface area contributed by atoms with Crippen molar-refractivity contribution in [2.45, 2.75) is 6.42 Å². The molecular weight excluding hydrogens is 250 g/mol. The molecule has 3 rings (SSSR count). The van der Waals surface area contributed by atoms with E-state index < -0.39 is 0 Å². The van der Waals surface area contributed by atoms with Crippen LogP contribution in [-0.2, 0) is 6.42 Å². The number of ether oxygens (including phenoxy) is 1. The molecule has 0 atom stereocenters. The molecule has 20 heavy (non-hydrogen) atoms. The van der Waals surface area contributed by atoms with Crippen LogP contribution in [0.1, 0.15) is 5.69 Å². The highest BCUT2D eigenvalue weighted by atomic mass is 16.5. The Balaban J connectivity index is 2.23. The van der Waals surface area contributed by atoms with Gasteiger partial charge in [0.2, 0.25) is 0 Å². The van der Waals surface area contributed by atoms with Crippen molar-refractivity contribution in [3.8, 4) is 17.0 Å². The van der Waals surface area contributed by atoms with Gasteiger partial charge in [0.05, 0.1) is 24.7 Å². The van der Waals surface area contributed by atoms with Gasteiger partial charge in [0, 0.05) is 12.0 Å². The molecule has 0 radical (unpaired) electrons. The molecule has 4 nitrogen and oxygen atoms in total. The lowest BCUT2D eigenvalue weighted by Gasteiger charge is -2.05. The third-order valence-electron chi connectivity index (χ3n) is 3.35. The lowest BCUT2D eigenvalue weighted by Crippen LogP contribution is -2.06. The van der Waals surface area contributed by atoms with E-state index in [0.717, 1.165) is 34.8 Å². The topological polar surface area (TPSA) is 52.5 Å². The maximum absolute atomic E-state index is 5.76. The van der Waals surface area contributed by atoms with Gasteiger partial charge < -0.3 is 10.5 Å². The molecule has 4 heteroatoms. The standard InChI is InChI=1S/C16H17N3O/c1-20-13-7-8-15-18-16(12-5-3-2-4-6-12)14(9-10-17)19(15)11-13/h2-8,11H,9-10,17H2,1H3. The van der Waals surface area contributed by atoms with Gasteiger partial charge in [-0.15, -0.1) is 0 Å². The lowest BCUT2D eigenvalue weighted by atomic mass is 10.1. The number of nitrogens with two attached hydrogens (primary N) is 1. The lowest BCUT2D eigenvalue weighted by molar-refractivity contribution is 0.412. The fourth-order valence-corrected chi connectivity index (χ4v) is 2.40. The van der Waals surface area contributed by atoms with Gasteiger partial charge in [0.15, 0.2) is 0 Å². The minimum absolute atomic E-state index is 0.588. The van der Waals surface area contributed by atoms with E-state index >= 15 is 0 Å². The van der Waals surface area contributed by atoms with Gasteiger partial charge in [0.25, 0.3) is 0 Å². The summed E-state index contributed by atoms with van der Waals surface area (Å²) < 4.78 is 7.35. The van der Waals surface area contributed by atoms with Gasteiger partial charge in [-0.2, -0.15) is 0 Å². The van der Waals surface area contributed by atoms with Gasteiger partial charge in [0.1, 0.15) is 11.4 Å². The van der Waals surface area contributed by atoms with Crippen LogP contribution >= 0.6 is 0 Å². The number of fused-ring (bicyclic) bond motifs is 1. The number of pyridine rings is 1. The van der Waals surface area contributed by atoms with Crippen LogP contribution in [0.3, 0.4) is 0 Å². The summed E-state index contributed by atoms with van der Waals surface area (Å²) in [5.41, 5.74) is 9.88. The first-order valence-corrected chi connectivity index (χ1v) is 6.64. The van der Waals surface area contributed by atoms with Crippen LogP contribution in [0.5, 0.6) is 5.75 Å². The number of nitrogens with zero attached hydrogens (tertiary/aromatic N) is 2. The molecule has 102 valence electrons. The normalized spacial score (nSPS) is 10.9. The highest BCUT2D eigenvalue weighted by Crippen LogP contribution is 2.26. The second-order valence-corrected chi connectivity index (χ2v) is 4.61. The Morgan fingerprint density at radius 3 is 2.65 bits per heavy atom. The Kier molecular flexibility index (Phi) is 3.39. The monoisotopic (exact) mass is 267 g/mol. The molecule has 0 saturated heterocycles. The number of imidazole rings is 1. The average molecular weight is 267 g/mol. The van der Waals surface area contributed by atoms with Crippen molar-refractivity contribution in [3.63, 3.8) is 0 Å². The summed E-state index contributed by atoms with van der Waals surface area (Å²) in [6.07, 6.45) is 2.73. The predicted molar refractivity (Wildman–Crippen MR) is 79.9 cm³/mol. The summed E-state index contributed by atoms with van der Waals surface area (Å²) >= 11 is 0. The molecule has 0 aliphatic rings. The number of methoxy groups -OCH3 is 1. The van der Waals surface area contributed by atoms with E-state index in [1.807, 2.05) is 36.5 Å². The zero-order valence-corrected chi connectivity index (χ0v) is 11.4. The zero-order valence-electron chi connectivity index (χ0n) is 11.4. The minimum atomic E-state index is 0.588. The quantitative estimate of drug-likeness (QED) is 0.790. The zero-order chi connectivity index (χ0) is 13.9. The molecule has 0 spiro atoms.